The van der Waals surface area contributed by atoms with Crippen LogP contribution in [0.2, 0.25) is 0 Å². The van der Waals surface area contributed by atoms with E-state index in [-0.39, 0.29) is 6.10 Å². The Morgan fingerprint density at radius 1 is 1.26 bits per heavy atom. The summed E-state index contributed by atoms with van der Waals surface area (Å²) >= 11 is 0. The van der Waals surface area contributed by atoms with Crippen LogP contribution in [-0.4, -0.2) is 37.2 Å². The fraction of sp³-hybridized carbons (Fsp3) is 0.600. The molecule has 0 radical (unpaired) electrons. The zero-order valence-electron chi connectivity index (χ0n) is 12.0. The predicted octanol–water partition coefficient (Wildman–Crippen LogP) is 2.56. The Morgan fingerprint density at radius 2 is 2.00 bits per heavy atom. The molecule has 0 unspecified atom stereocenters. The van der Waals surface area contributed by atoms with Gasteiger partial charge in [0, 0.05) is 36.6 Å². The Bertz CT molecular complexity index is 400. The molecule has 0 saturated carbocycles. The second kappa shape index (κ2) is 6.66. The normalized spacial score (nSPS) is 15.9. The van der Waals surface area contributed by atoms with Crippen LogP contribution in [0.1, 0.15) is 26.7 Å². The van der Waals surface area contributed by atoms with E-state index in [0.29, 0.717) is 0 Å². The Kier molecular flexibility index (Phi) is 4.91. The Labute approximate surface area is 115 Å². The number of nitrogens with two attached hydrogens (primary N) is 1. The molecule has 0 amide bonds. The minimum Gasteiger partial charge on any atom is -0.491 e. The van der Waals surface area contributed by atoms with E-state index in [9.17, 15) is 0 Å². The van der Waals surface area contributed by atoms with Gasteiger partial charge < -0.3 is 20.7 Å². The van der Waals surface area contributed by atoms with Gasteiger partial charge in [-0.05, 0) is 45.8 Å². The number of nitrogens with one attached hydrogen (secondary N) is 1. The Hall–Kier alpha value is -1.42. The average Bonchev–Trinajstić information content (AvgIpc) is 2.80. The van der Waals surface area contributed by atoms with Crippen LogP contribution in [0.5, 0.6) is 5.75 Å². The SMILES string of the molecule is CC(C)Oc1cc(N)cc(NCCN2CCCC2)c1. The zero-order valence-corrected chi connectivity index (χ0v) is 12.0. The summed E-state index contributed by atoms with van der Waals surface area (Å²) in [5.41, 5.74) is 7.67. The minimum atomic E-state index is 0.166. The molecule has 0 aliphatic carbocycles. The summed E-state index contributed by atoms with van der Waals surface area (Å²) in [6, 6.07) is 5.84. The van der Waals surface area contributed by atoms with E-state index in [1.807, 2.05) is 32.0 Å². The van der Waals surface area contributed by atoms with Crippen molar-refractivity contribution in [1.82, 2.24) is 4.90 Å². The molecule has 1 aromatic rings. The molecular formula is C15H25N3O. The van der Waals surface area contributed by atoms with Gasteiger partial charge in [-0.15, -0.1) is 0 Å². The molecule has 1 aromatic carbocycles. The number of anilines is 2. The van der Waals surface area contributed by atoms with E-state index in [4.69, 9.17) is 10.5 Å². The number of likely N-dealkylation sites (tertiary alicyclic amines) is 1. The highest BCUT2D eigenvalue weighted by Crippen LogP contribution is 2.23. The zero-order chi connectivity index (χ0) is 13.7. The number of hydrogen-bond acceptors (Lipinski definition) is 4. The molecule has 0 aromatic heterocycles. The van der Waals surface area contributed by atoms with E-state index in [1.165, 1.54) is 25.9 Å². The maximum absolute atomic E-state index is 5.90. The van der Waals surface area contributed by atoms with Gasteiger partial charge in [0.2, 0.25) is 0 Å². The molecule has 106 valence electrons. The molecule has 0 atom stereocenters. The first-order valence-electron chi connectivity index (χ1n) is 7.17. The summed E-state index contributed by atoms with van der Waals surface area (Å²) in [6.45, 7) is 8.55. The second-order valence-corrected chi connectivity index (χ2v) is 5.43. The average molecular weight is 263 g/mol. The van der Waals surface area contributed by atoms with Gasteiger partial charge in [0.05, 0.1) is 6.10 Å². The van der Waals surface area contributed by atoms with Crippen molar-refractivity contribution in [2.24, 2.45) is 0 Å². The van der Waals surface area contributed by atoms with Crippen LogP contribution in [-0.2, 0) is 0 Å². The van der Waals surface area contributed by atoms with Crippen molar-refractivity contribution >= 4 is 11.4 Å². The third-order valence-electron chi connectivity index (χ3n) is 3.26. The van der Waals surface area contributed by atoms with Crippen molar-refractivity contribution in [2.45, 2.75) is 32.8 Å². The van der Waals surface area contributed by atoms with Gasteiger partial charge in [-0.1, -0.05) is 0 Å². The number of rotatable bonds is 6. The molecule has 3 N–H and O–H groups in total. The van der Waals surface area contributed by atoms with Gasteiger partial charge in [-0.3, -0.25) is 0 Å². The fourth-order valence-electron chi connectivity index (χ4n) is 2.43. The number of benzene rings is 1. The smallest absolute Gasteiger partial charge is 0.123 e. The highest BCUT2D eigenvalue weighted by atomic mass is 16.5. The third-order valence-corrected chi connectivity index (χ3v) is 3.26. The van der Waals surface area contributed by atoms with Gasteiger partial charge in [-0.2, -0.15) is 0 Å². The first-order valence-corrected chi connectivity index (χ1v) is 7.17. The molecule has 2 rings (SSSR count). The van der Waals surface area contributed by atoms with E-state index in [2.05, 4.69) is 10.2 Å². The van der Waals surface area contributed by atoms with E-state index in [0.717, 1.165) is 30.2 Å². The lowest BCUT2D eigenvalue weighted by Gasteiger charge is -2.16. The van der Waals surface area contributed by atoms with Gasteiger partial charge in [0.25, 0.3) is 0 Å². The van der Waals surface area contributed by atoms with Gasteiger partial charge in [0.15, 0.2) is 0 Å². The van der Waals surface area contributed by atoms with E-state index < -0.39 is 0 Å². The van der Waals surface area contributed by atoms with Crippen LogP contribution in [0.15, 0.2) is 18.2 Å². The van der Waals surface area contributed by atoms with Crippen molar-refractivity contribution in [3.8, 4) is 5.75 Å². The monoisotopic (exact) mass is 263 g/mol. The van der Waals surface area contributed by atoms with Crippen LogP contribution < -0.4 is 15.8 Å². The lowest BCUT2D eigenvalue weighted by atomic mass is 10.2. The number of nitrogen functional groups attached to an aromatic ring is 1. The molecule has 1 fully saturated rings. The molecule has 1 aliphatic heterocycles. The first-order chi connectivity index (χ1) is 9.13. The molecule has 1 aliphatic rings. The molecule has 1 heterocycles. The topological polar surface area (TPSA) is 50.5 Å². The van der Waals surface area contributed by atoms with E-state index in [1.54, 1.807) is 0 Å². The number of nitrogens with zero attached hydrogens (tertiary/aromatic N) is 1. The molecule has 0 spiro atoms. The summed E-state index contributed by atoms with van der Waals surface area (Å²) < 4.78 is 5.69. The van der Waals surface area contributed by atoms with Crippen LogP contribution in [0.3, 0.4) is 0 Å². The number of hydrogen-bond donors (Lipinski definition) is 2. The lowest BCUT2D eigenvalue weighted by molar-refractivity contribution is 0.242. The Balaban J connectivity index is 1.86. The summed E-state index contributed by atoms with van der Waals surface area (Å²) in [6.07, 6.45) is 2.84. The minimum absolute atomic E-state index is 0.166. The van der Waals surface area contributed by atoms with E-state index >= 15 is 0 Å². The van der Waals surface area contributed by atoms with Crippen LogP contribution in [0.25, 0.3) is 0 Å². The molecule has 19 heavy (non-hydrogen) atoms. The van der Waals surface area contributed by atoms with Crippen LogP contribution >= 0.6 is 0 Å². The Morgan fingerprint density at radius 3 is 2.68 bits per heavy atom. The molecule has 4 heteroatoms. The van der Waals surface area contributed by atoms with Crippen molar-refractivity contribution < 1.29 is 4.74 Å². The van der Waals surface area contributed by atoms with Crippen LogP contribution in [0, 0.1) is 0 Å². The fourth-order valence-corrected chi connectivity index (χ4v) is 2.43. The van der Waals surface area contributed by atoms with Crippen molar-refractivity contribution in [3.63, 3.8) is 0 Å². The van der Waals surface area contributed by atoms with Crippen molar-refractivity contribution in [1.29, 1.82) is 0 Å². The maximum Gasteiger partial charge on any atom is 0.123 e. The molecule has 1 saturated heterocycles. The van der Waals surface area contributed by atoms with Gasteiger partial charge in [0.1, 0.15) is 5.75 Å². The highest BCUT2D eigenvalue weighted by Gasteiger charge is 2.10. The molecular weight excluding hydrogens is 238 g/mol. The quantitative estimate of drug-likeness (QED) is 0.775. The third kappa shape index (κ3) is 4.63. The van der Waals surface area contributed by atoms with Crippen molar-refractivity contribution in [2.75, 3.05) is 37.2 Å². The summed E-state index contributed by atoms with van der Waals surface area (Å²) in [7, 11) is 0. The first kappa shape index (κ1) is 14.0. The largest absolute Gasteiger partial charge is 0.491 e. The summed E-state index contributed by atoms with van der Waals surface area (Å²) in [5.74, 6) is 0.832. The van der Waals surface area contributed by atoms with Gasteiger partial charge in [-0.25, -0.2) is 0 Å². The number of ether oxygens (including phenoxy) is 1. The lowest BCUT2D eigenvalue weighted by Crippen LogP contribution is -2.25. The molecule has 0 bridgehead atoms. The van der Waals surface area contributed by atoms with Crippen LogP contribution in [0.4, 0.5) is 11.4 Å². The second-order valence-electron chi connectivity index (χ2n) is 5.43. The summed E-state index contributed by atoms with van der Waals surface area (Å²) in [4.78, 5) is 2.49. The summed E-state index contributed by atoms with van der Waals surface area (Å²) in [5, 5.41) is 3.42. The highest BCUT2D eigenvalue weighted by molar-refractivity contribution is 5.59. The standard InChI is InChI=1S/C15H25N3O/c1-12(2)19-15-10-13(16)9-14(11-15)17-5-8-18-6-3-4-7-18/h9-12,17H,3-8,16H2,1-2H3. The molecule has 4 nitrogen and oxygen atoms in total. The van der Waals surface area contributed by atoms with Crippen molar-refractivity contribution in [3.05, 3.63) is 18.2 Å². The predicted molar refractivity (Wildman–Crippen MR) is 80.8 cm³/mol. The van der Waals surface area contributed by atoms with Gasteiger partial charge >= 0.3 is 0 Å². The maximum atomic E-state index is 5.90.